The van der Waals surface area contributed by atoms with Gasteiger partial charge in [0.05, 0.1) is 5.69 Å². The monoisotopic (exact) mass is 259 g/mol. The Morgan fingerprint density at radius 2 is 2.05 bits per heavy atom. The summed E-state index contributed by atoms with van der Waals surface area (Å²) in [6.45, 7) is 5.30. The van der Waals surface area contributed by atoms with E-state index in [1.807, 2.05) is 0 Å². The van der Waals surface area contributed by atoms with Gasteiger partial charge in [-0.1, -0.05) is 13.3 Å². The van der Waals surface area contributed by atoms with Gasteiger partial charge in [-0.25, -0.2) is 9.97 Å². The smallest absolute Gasteiger partial charge is 0.131 e. The Morgan fingerprint density at radius 1 is 1.21 bits per heavy atom. The van der Waals surface area contributed by atoms with E-state index in [2.05, 4.69) is 30.2 Å². The van der Waals surface area contributed by atoms with Crippen molar-refractivity contribution in [2.24, 2.45) is 5.92 Å². The van der Waals surface area contributed by atoms with Crippen LogP contribution in [0.15, 0.2) is 6.07 Å². The zero-order valence-electron chi connectivity index (χ0n) is 12.2. The number of hydrogen-bond donors (Lipinski definition) is 1. The highest BCUT2D eigenvalue weighted by Crippen LogP contribution is 2.38. The Labute approximate surface area is 116 Å². The van der Waals surface area contributed by atoms with E-state index in [4.69, 9.17) is 4.98 Å². The Hall–Kier alpha value is -0.960. The maximum absolute atomic E-state index is 4.81. The average molecular weight is 259 g/mol. The van der Waals surface area contributed by atoms with Crippen LogP contribution in [0.25, 0.3) is 0 Å². The molecule has 2 saturated carbocycles. The standard InChI is InChI=1S/C16H25N3/c1-3-12-4-5-13(9-12)16-18-11(2)8-15(19-16)10-17-14-6-7-14/h8,12-14,17H,3-7,9-10H2,1-2H3. The Balaban J connectivity index is 1.69. The van der Waals surface area contributed by atoms with Crippen LogP contribution in [0.4, 0.5) is 0 Å². The Kier molecular flexibility index (Phi) is 3.83. The van der Waals surface area contributed by atoms with Crippen LogP contribution in [0.1, 0.15) is 68.6 Å². The third kappa shape index (κ3) is 3.33. The zero-order chi connectivity index (χ0) is 13.2. The normalized spacial score (nSPS) is 26.8. The van der Waals surface area contributed by atoms with E-state index in [1.165, 1.54) is 44.2 Å². The fourth-order valence-corrected chi connectivity index (χ4v) is 3.15. The highest BCUT2D eigenvalue weighted by molar-refractivity contribution is 5.13. The number of nitrogens with one attached hydrogen (secondary N) is 1. The molecule has 0 amide bonds. The van der Waals surface area contributed by atoms with Crippen molar-refractivity contribution in [2.45, 2.75) is 70.9 Å². The minimum absolute atomic E-state index is 0.601. The highest BCUT2D eigenvalue weighted by Gasteiger charge is 2.27. The summed E-state index contributed by atoms with van der Waals surface area (Å²) in [7, 11) is 0. The van der Waals surface area contributed by atoms with Crippen LogP contribution in [0.5, 0.6) is 0 Å². The van der Waals surface area contributed by atoms with Gasteiger partial charge in [-0.3, -0.25) is 0 Å². The first kappa shape index (κ1) is 13.0. The topological polar surface area (TPSA) is 37.8 Å². The molecule has 2 aliphatic rings. The lowest BCUT2D eigenvalue weighted by molar-refractivity contribution is 0.515. The summed E-state index contributed by atoms with van der Waals surface area (Å²) in [5.74, 6) is 2.59. The SMILES string of the molecule is CCC1CCC(c2nc(C)cc(CNC3CC3)n2)C1. The summed E-state index contributed by atoms with van der Waals surface area (Å²) in [6, 6.07) is 2.88. The molecule has 3 heteroatoms. The van der Waals surface area contributed by atoms with Crippen molar-refractivity contribution in [3.05, 3.63) is 23.3 Å². The van der Waals surface area contributed by atoms with E-state index in [0.29, 0.717) is 5.92 Å². The van der Waals surface area contributed by atoms with E-state index >= 15 is 0 Å². The van der Waals surface area contributed by atoms with Gasteiger partial charge < -0.3 is 5.32 Å². The summed E-state index contributed by atoms with van der Waals surface area (Å²) in [5.41, 5.74) is 2.30. The van der Waals surface area contributed by atoms with Crippen LogP contribution in [0.3, 0.4) is 0 Å². The van der Waals surface area contributed by atoms with Crippen molar-refractivity contribution in [2.75, 3.05) is 0 Å². The van der Waals surface area contributed by atoms with Crippen LogP contribution in [-0.2, 0) is 6.54 Å². The third-order valence-corrected chi connectivity index (χ3v) is 4.56. The lowest BCUT2D eigenvalue weighted by Crippen LogP contribution is -2.17. The fraction of sp³-hybridized carbons (Fsp3) is 0.750. The Bertz CT molecular complexity index is 440. The first-order valence-electron chi connectivity index (χ1n) is 7.82. The molecule has 1 aromatic heterocycles. The summed E-state index contributed by atoms with van der Waals surface area (Å²) >= 11 is 0. The van der Waals surface area contributed by atoms with E-state index in [1.54, 1.807) is 0 Å². The largest absolute Gasteiger partial charge is 0.308 e. The van der Waals surface area contributed by atoms with Gasteiger partial charge in [-0.15, -0.1) is 0 Å². The summed E-state index contributed by atoms with van der Waals surface area (Å²) in [6.07, 6.45) is 7.88. The molecule has 2 unspecified atom stereocenters. The molecule has 1 heterocycles. The minimum atomic E-state index is 0.601. The van der Waals surface area contributed by atoms with Gasteiger partial charge >= 0.3 is 0 Å². The van der Waals surface area contributed by atoms with Gasteiger partial charge in [-0.2, -0.15) is 0 Å². The van der Waals surface area contributed by atoms with E-state index < -0.39 is 0 Å². The molecule has 0 saturated heterocycles. The molecule has 3 nitrogen and oxygen atoms in total. The molecular weight excluding hydrogens is 234 g/mol. The highest BCUT2D eigenvalue weighted by atomic mass is 15.0. The summed E-state index contributed by atoms with van der Waals surface area (Å²) < 4.78 is 0. The van der Waals surface area contributed by atoms with Crippen LogP contribution >= 0.6 is 0 Å². The zero-order valence-corrected chi connectivity index (χ0v) is 12.2. The molecule has 3 rings (SSSR count). The van der Waals surface area contributed by atoms with Gasteiger partial charge in [0.1, 0.15) is 5.82 Å². The Morgan fingerprint density at radius 3 is 2.74 bits per heavy atom. The van der Waals surface area contributed by atoms with Crippen molar-refractivity contribution in [3.8, 4) is 0 Å². The van der Waals surface area contributed by atoms with E-state index in [-0.39, 0.29) is 0 Å². The van der Waals surface area contributed by atoms with Gasteiger partial charge in [-0.05, 0) is 51.0 Å². The van der Waals surface area contributed by atoms with Gasteiger partial charge in [0, 0.05) is 24.2 Å². The number of aryl methyl sites for hydroxylation is 1. The van der Waals surface area contributed by atoms with E-state index in [0.717, 1.165) is 30.0 Å². The van der Waals surface area contributed by atoms with Crippen molar-refractivity contribution in [1.82, 2.24) is 15.3 Å². The molecule has 0 spiro atoms. The maximum atomic E-state index is 4.81. The van der Waals surface area contributed by atoms with Gasteiger partial charge in [0.15, 0.2) is 0 Å². The van der Waals surface area contributed by atoms with Gasteiger partial charge in [0.2, 0.25) is 0 Å². The molecular formula is C16H25N3. The second kappa shape index (κ2) is 5.58. The molecule has 0 radical (unpaired) electrons. The van der Waals surface area contributed by atoms with Crippen LogP contribution in [0.2, 0.25) is 0 Å². The van der Waals surface area contributed by atoms with Gasteiger partial charge in [0.25, 0.3) is 0 Å². The molecule has 0 bridgehead atoms. The lowest BCUT2D eigenvalue weighted by Gasteiger charge is -2.12. The average Bonchev–Trinajstić information content (AvgIpc) is 3.11. The van der Waals surface area contributed by atoms with Crippen molar-refractivity contribution in [3.63, 3.8) is 0 Å². The quantitative estimate of drug-likeness (QED) is 0.881. The fourth-order valence-electron chi connectivity index (χ4n) is 3.15. The molecule has 2 atom stereocenters. The second-order valence-corrected chi connectivity index (χ2v) is 6.30. The van der Waals surface area contributed by atoms with E-state index in [9.17, 15) is 0 Å². The van der Waals surface area contributed by atoms with Crippen molar-refractivity contribution >= 4 is 0 Å². The van der Waals surface area contributed by atoms with Crippen molar-refractivity contribution in [1.29, 1.82) is 0 Å². The summed E-state index contributed by atoms with van der Waals surface area (Å²) in [4.78, 5) is 9.50. The number of aromatic nitrogens is 2. The van der Waals surface area contributed by atoms with Crippen LogP contribution in [-0.4, -0.2) is 16.0 Å². The molecule has 0 aromatic carbocycles. The molecule has 19 heavy (non-hydrogen) atoms. The van der Waals surface area contributed by atoms with Crippen molar-refractivity contribution < 1.29 is 0 Å². The first-order chi connectivity index (χ1) is 9.24. The lowest BCUT2D eigenvalue weighted by atomic mass is 10.0. The molecule has 1 aromatic rings. The molecule has 104 valence electrons. The predicted octanol–water partition coefficient (Wildman–Crippen LogP) is 3.33. The maximum Gasteiger partial charge on any atom is 0.131 e. The number of hydrogen-bond acceptors (Lipinski definition) is 3. The molecule has 2 aliphatic carbocycles. The predicted molar refractivity (Wildman–Crippen MR) is 77.0 cm³/mol. The minimum Gasteiger partial charge on any atom is -0.308 e. The third-order valence-electron chi connectivity index (χ3n) is 4.56. The number of nitrogens with zero attached hydrogens (tertiary/aromatic N) is 2. The summed E-state index contributed by atoms with van der Waals surface area (Å²) in [5, 5.41) is 3.55. The second-order valence-electron chi connectivity index (χ2n) is 6.30. The number of rotatable bonds is 5. The molecule has 1 N–H and O–H groups in total. The molecule has 2 fully saturated rings. The van der Waals surface area contributed by atoms with Crippen LogP contribution < -0.4 is 5.32 Å². The first-order valence-corrected chi connectivity index (χ1v) is 7.82. The van der Waals surface area contributed by atoms with Crippen LogP contribution in [0, 0.1) is 12.8 Å². The molecule has 0 aliphatic heterocycles.